The molecule has 0 aliphatic carbocycles. The normalized spacial score (nSPS) is 23.9. The van der Waals surface area contributed by atoms with Crippen LogP contribution < -0.4 is 4.74 Å². The van der Waals surface area contributed by atoms with Crippen LogP contribution in [0.2, 0.25) is 0 Å². The molecule has 2 rings (SSSR count). The van der Waals surface area contributed by atoms with E-state index in [1.807, 2.05) is 18.2 Å². The van der Waals surface area contributed by atoms with Crippen molar-refractivity contribution in [1.82, 2.24) is 0 Å². The van der Waals surface area contributed by atoms with E-state index >= 15 is 0 Å². The molecule has 2 atom stereocenters. The summed E-state index contributed by atoms with van der Waals surface area (Å²) < 4.78 is 12.3. The van der Waals surface area contributed by atoms with Gasteiger partial charge in [0.2, 0.25) is 0 Å². The fourth-order valence-corrected chi connectivity index (χ4v) is 2.41. The van der Waals surface area contributed by atoms with Gasteiger partial charge in [-0.2, -0.15) is 0 Å². The largest absolute Gasteiger partial charge is 0.491 e. The fraction of sp³-hybridized carbons (Fsp3) is 0.538. The van der Waals surface area contributed by atoms with Gasteiger partial charge in [-0.05, 0) is 38.0 Å². The first-order valence-electron chi connectivity index (χ1n) is 5.86. The molecule has 1 heterocycles. The third-order valence-electron chi connectivity index (χ3n) is 2.94. The summed E-state index contributed by atoms with van der Waals surface area (Å²) in [6.45, 7) is 2.62. The van der Waals surface area contributed by atoms with Crippen LogP contribution in [0.5, 0.6) is 5.75 Å². The van der Waals surface area contributed by atoms with Gasteiger partial charge in [0.15, 0.2) is 0 Å². The van der Waals surface area contributed by atoms with Crippen molar-refractivity contribution < 1.29 is 14.6 Å². The van der Waals surface area contributed by atoms with Gasteiger partial charge in [0.1, 0.15) is 12.4 Å². The van der Waals surface area contributed by atoms with Gasteiger partial charge in [0.25, 0.3) is 0 Å². The zero-order valence-corrected chi connectivity index (χ0v) is 11.4. The molecule has 0 radical (unpaired) electrons. The van der Waals surface area contributed by atoms with Crippen molar-refractivity contribution in [2.24, 2.45) is 0 Å². The van der Waals surface area contributed by atoms with Crippen molar-refractivity contribution in [3.63, 3.8) is 0 Å². The molecule has 0 bridgehead atoms. The number of rotatable bonds is 4. The highest BCUT2D eigenvalue weighted by Gasteiger charge is 2.22. The third-order valence-corrected chi connectivity index (χ3v) is 3.43. The molecule has 2 unspecified atom stereocenters. The third kappa shape index (κ3) is 3.44. The summed E-state index contributed by atoms with van der Waals surface area (Å²) in [5.74, 6) is 0.735. The zero-order valence-electron chi connectivity index (χ0n) is 9.86. The van der Waals surface area contributed by atoms with Gasteiger partial charge >= 0.3 is 0 Å². The number of aliphatic hydroxyl groups is 1. The summed E-state index contributed by atoms with van der Waals surface area (Å²) >= 11 is 3.37. The first kappa shape index (κ1) is 12.9. The number of hydrogen-bond donors (Lipinski definition) is 1. The van der Waals surface area contributed by atoms with Gasteiger partial charge in [0, 0.05) is 10.0 Å². The Morgan fingerprint density at radius 2 is 2.29 bits per heavy atom. The Hall–Kier alpha value is -0.580. The molecule has 0 amide bonds. The van der Waals surface area contributed by atoms with Crippen molar-refractivity contribution in [2.75, 3.05) is 6.61 Å². The maximum atomic E-state index is 9.24. The van der Waals surface area contributed by atoms with Crippen LogP contribution in [0.4, 0.5) is 0 Å². The van der Waals surface area contributed by atoms with E-state index in [4.69, 9.17) is 9.47 Å². The van der Waals surface area contributed by atoms with E-state index in [0.717, 1.165) is 28.6 Å². The summed E-state index contributed by atoms with van der Waals surface area (Å²) in [5.41, 5.74) is 0.797. The smallest absolute Gasteiger partial charge is 0.125 e. The molecule has 17 heavy (non-hydrogen) atoms. The van der Waals surface area contributed by atoms with E-state index in [9.17, 15) is 5.11 Å². The van der Waals surface area contributed by atoms with E-state index in [-0.39, 0.29) is 12.7 Å². The summed E-state index contributed by atoms with van der Waals surface area (Å²) in [4.78, 5) is 0. The van der Waals surface area contributed by atoms with E-state index in [2.05, 4.69) is 22.9 Å². The van der Waals surface area contributed by atoms with Gasteiger partial charge in [-0.25, -0.2) is 0 Å². The Morgan fingerprint density at radius 3 is 2.94 bits per heavy atom. The van der Waals surface area contributed by atoms with E-state index in [1.54, 1.807) is 0 Å². The summed E-state index contributed by atoms with van der Waals surface area (Å²) in [6, 6.07) is 5.65. The Kier molecular flexibility index (Phi) is 4.42. The molecule has 94 valence electrons. The highest BCUT2D eigenvalue weighted by atomic mass is 79.9. The highest BCUT2D eigenvalue weighted by molar-refractivity contribution is 9.10. The average molecular weight is 301 g/mol. The van der Waals surface area contributed by atoms with Crippen LogP contribution in [0.15, 0.2) is 22.7 Å². The summed E-state index contributed by atoms with van der Waals surface area (Å²) in [6.07, 6.45) is 2.67. The number of halogens is 1. The Morgan fingerprint density at radius 1 is 1.47 bits per heavy atom. The van der Waals surface area contributed by atoms with E-state index in [0.29, 0.717) is 12.7 Å². The molecular weight excluding hydrogens is 284 g/mol. The number of ether oxygens (including phenoxy) is 2. The molecule has 1 aromatic carbocycles. The maximum Gasteiger partial charge on any atom is 0.125 e. The van der Waals surface area contributed by atoms with Gasteiger partial charge in [0.05, 0.1) is 18.8 Å². The summed E-state index contributed by atoms with van der Waals surface area (Å²) in [5, 5.41) is 9.24. The zero-order chi connectivity index (χ0) is 12.3. The maximum absolute atomic E-state index is 9.24. The monoisotopic (exact) mass is 300 g/mol. The first-order valence-corrected chi connectivity index (χ1v) is 6.66. The molecule has 3 nitrogen and oxygen atoms in total. The minimum absolute atomic E-state index is 0.0172. The van der Waals surface area contributed by atoms with Crippen LogP contribution in [0.1, 0.15) is 25.3 Å². The second kappa shape index (κ2) is 5.85. The lowest BCUT2D eigenvalue weighted by atomic mass is 10.2. The Balaban J connectivity index is 1.94. The molecule has 0 aromatic heterocycles. The Labute approximate surface area is 110 Å². The lowest BCUT2D eigenvalue weighted by Gasteiger charge is -2.14. The van der Waals surface area contributed by atoms with Crippen LogP contribution in [0, 0.1) is 0 Å². The first-order chi connectivity index (χ1) is 8.19. The highest BCUT2D eigenvalue weighted by Crippen LogP contribution is 2.25. The molecule has 0 spiro atoms. The summed E-state index contributed by atoms with van der Waals surface area (Å²) in [7, 11) is 0. The van der Waals surface area contributed by atoms with E-state index < -0.39 is 0 Å². The van der Waals surface area contributed by atoms with E-state index in [1.165, 1.54) is 0 Å². The molecule has 1 fully saturated rings. The van der Waals surface area contributed by atoms with Crippen LogP contribution >= 0.6 is 15.9 Å². The van der Waals surface area contributed by atoms with Crippen LogP contribution in [0.25, 0.3) is 0 Å². The minimum atomic E-state index is -0.0172. The van der Waals surface area contributed by atoms with Crippen LogP contribution in [-0.4, -0.2) is 23.9 Å². The molecule has 4 heteroatoms. The van der Waals surface area contributed by atoms with Gasteiger partial charge in [-0.1, -0.05) is 15.9 Å². The second-order valence-corrected chi connectivity index (χ2v) is 5.28. The lowest BCUT2D eigenvalue weighted by Crippen LogP contribution is -2.18. The van der Waals surface area contributed by atoms with Crippen molar-refractivity contribution >= 4 is 15.9 Å². The minimum Gasteiger partial charge on any atom is -0.491 e. The van der Waals surface area contributed by atoms with Crippen LogP contribution in [0.3, 0.4) is 0 Å². The van der Waals surface area contributed by atoms with Gasteiger partial charge in [-0.3, -0.25) is 0 Å². The van der Waals surface area contributed by atoms with Crippen molar-refractivity contribution in [3.05, 3.63) is 28.2 Å². The van der Waals surface area contributed by atoms with Crippen molar-refractivity contribution in [1.29, 1.82) is 0 Å². The van der Waals surface area contributed by atoms with Gasteiger partial charge in [-0.15, -0.1) is 0 Å². The standard InChI is InChI=1S/C13H17BrO3/c1-9-2-4-12(17-9)8-16-13-5-3-11(14)6-10(13)7-15/h3,5-6,9,12,15H,2,4,7-8H2,1H3. The lowest BCUT2D eigenvalue weighted by molar-refractivity contribution is 0.0260. The predicted octanol–water partition coefficient (Wildman–Crippen LogP) is 2.89. The SMILES string of the molecule is CC1CCC(COc2ccc(Br)cc2CO)O1. The Bertz CT molecular complexity index is 381. The number of hydrogen-bond acceptors (Lipinski definition) is 3. The molecular formula is C13H17BrO3. The predicted molar refractivity (Wildman–Crippen MR) is 69.1 cm³/mol. The fourth-order valence-electron chi connectivity index (χ4n) is 2.00. The average Bonchev–Trinajstić information content (AvgIpc) is 2.73. The molecule has 0 saturated carbocycles. The van der Waals surface area contributed by atoms with Gasteiger partial charge < -0.3 is 14.6 Å². The van der Waals surface area contributed by atoms with Crippen molar-refractivity contribution in [3.8, 4) is 5.75 Å². The molecule has 1 aromatic rings. The topological polar surface area (TPSA) is 38.7 Å². The molecule has 1 saturated heterocycles. The van der Waals surface area contributed by atoms with Crippen molar-refractivity contribution in [2.45, 2.75) is 38.6 Å². The quantitative estimate of drug-likeness (QED) is 0.929. The number of benzene rings is 1. The molecule has 1 aliphatic heterocycles. The molecule has 1 N–H and O–H groups in total. The van der Waals surface area contributed by atoms with Crippen LogP contribution in [-0.2, 0) is 11.3 Å². The number of aliphatic hydroxyl groups excluding tert-OH is 1. The molecule has 1 aliphatic rings. The second-order valence-electron chi connectivity index (χ2n) is 4.37.